The first-order valence-corrected chi connectivity index (χ1v) is 6.08. The Bertz CT molecular complexity index is 562. The van der Waals surface area contributed by atoms with Crippen LogP contribution in [0.3, 0.4) is 0 Å². The second-order valence-electron chi connectivity index (χ2n) is 4.74. The van der Waals surface area contributed by atoms with Crippen LogP contribution in [0.5, 0.6) is 0 Å². The molecule has 1 saturated heterocycles. The highest BCUT2D eigenvalue weighted by Crippen LogP contribution is 2.26. The number of aliphatic carboxylic acids is 1. The predicted molar refractivity (Wildman–Crippen MR) is 67.4 cm³/mol. The van der Waals surface area contributed by atoms with Crippen LogP contribution < -0.4 is 0 Å². The predicted octanol–water partition coefficient (Wildman–Crippen LogP) is 1.49. The maximum atomic E-state index is 12.3. The molecule has 1 aliphatic heterocycles. The third-order valence-electron chi connectivity index (χ3n) is 3.45. The fourth-order valence-corrected chi connectivity index (χ4v) is 2.44. The van der Waals surface area contributed by atoms with E-state index in [0.717, 1.165) is 0 Å². The number of hydrogen-bond donors (Lipinski definition) is 1. The van der Waals surface area contributed by atoms with E-state index >= 15 is 0 Å². The van der Waals surface area contributed by atoms with Gasteiger partial charge in [0.05, 0.1) is 11.6 Å². The van der Waals surface area contributed by atoms with Crippen LogP contribution in [0.25, 0.3) is 0 Å². The molecule has 5 heteroatoms. The van der Waals surface area contributed by atoms with Crippen molar-refractivity contribution in [2.24, 2.45) is 5.92 Å². The number of carbonyl (C=O) groups excluding carboxylic acids is 1. The van der Waals surface area contributed by atoms with E-state index in [9.17, 15) is 14.7 Å². The van der Waals surface area contributed by atoms with E-state index in [0.29, 0.717) is 24.1 Å². The minimum Gasteiger partial charge on any atom is -0.480 e. The Morgan fingerprint density at radius 1 is 1.47 bits per heavy atom. The zero-order valence-corrected chi connectivity index (χ0v) is 10.5. The summed E-state index contributed by atoms with van der Waals surface area (Å²) in [4.78, 5) is 24.9. The van der Waals surface area contributed by atoms with Gasteiger partial charge in [0.2, 0.25) is 0 Å². The Kier molecular flexibility index (Phi) is 3.52. The van der Waals surface area contributed by atoms with E-state index in [1.54, 1.807) is 18.2 Å². The van der Waals surface area contributed by atoms with E-state index in [4.69, 9.17) is 5.26 Å². The summed E-state index contributed by atoms with van der Waals surface area (Å²) >= 11 is 0. The molecular formula is C14H14N2O3. The number of carboxylic acids is 1. The Morgan fingerprint density at radius 2 is 2.21 bits per heavy atom. The van der Waals surface area contributed by atoms with Gasteiger partial charge in [0.25, 0.3) is 5.91 Å². The van der Waals surface area contributed by atoms with Crippen LogP contribution in [-0.4, -0.2) is 34.5 Å². The van der Waals surface area contributed by atoms with Gasteiger partial charge in [-0.3, -0.25) is 4.79 Å². The van der Waals surface area contributed by atoms with Crippen LogP contribution in [0.2, 0.25) is 0 Å². The molecule has 0 aliphatic carbocycles. The summed E-state index contributed by atoms with van der Waals surface area (Å²) < 4.78 is 0. The molecule has 0 saturated carbocycles. The fourth-order valence-electron chi connectivity index (χ4n) is 2.44. The SMILES string of the molecule is CC1CCN(C(=O)c2cccc(C#N)c2)C1C(=O)O. The first kappa shape index (κ1) is 13.1. The molecule has 1 N–H and O–H groups in total. The molecule has 1 fully saturated rings. The molecule has 2 rings (SSSR count). The number of carbonyl (C=O) groups is 2. The first-order chi connectivity index (χ1) is 9.04. The molecule has 0 bridgehead atoms. The van der Waals surface area contributed by atoms with E-state index in [-0.39, 0.29) is 11.8 Å². The Hall–Kier alpha value is -2.35. The molecule has 0 radical (unpaired) electrons. The number of amides is 1. The van der Waals surface area contributed by atoms with Gasteiger partial charge in [0.1, 0.15) is 6.04 Å². The van der Waals surface area contributed by atoms with Gasteiger partial charge in [0.15, 0.2) is 0 Å². The molecule has 1 heterocycles. The van der Waals surface area contributed by atoms with Crippen LogP contribution in [0.15, 0.2) is 24.3 Å². The molecule has 1 aromatic carbocycles. The molecule has 2 unspecified atom stereocenters. The van der Waals surface area contributed by atoms with E-state index in [1.807, 2.05) is 13.0 Å². The number of hydrogen-bond acceptors (Lipinski definition) is 3. The van der Waals surface area contributed by atoms with Crippen molar-refractivity contribution < 1.29 is 14.7 Å². The molecular weight excluding hydrogens is 244 g/mol. The lowest BCUT2D eigenvalue weighted by atomic mass is 10.0. The molecule has 98 valence electrons. The number of carboxylic acid groups (broad SMARTS) is 1. The molecule has 0 aromatic heterocycles. The summed E-state index contributed by atoms with van der Waals surface area (Å²) in [6.45, 7) is 2.27. The van der Waals surface area contributed by atoms with Crippen molar-refractivity contribution in [2.45, 2.75) is 19.4 Å². The standard InChI is InChI=1S/C14H14N2O3/c1-9-5-6-16(12(9)14(18)19)13(17)11-4-2-3-10(7-11)8-15/h2-4,7,9,12H,5-6H2,1H3,(H,18,19). The van der Waals surface area contributed by atoms with Crippen molar-refractivity contribution in [3.05, 3.63) is 35.4 Å². The molecule has 5 nitrogen and oxygen atoms in total. The number of nitrogens with zero attached hydrogens (tertiary/aromatic N) is 2. The number of nitriles is 1. The molecule has 1 amide bonds. The third kappa shape index (κ3) is 2.43. The molecule has 19 heavy (non-hydrogen) atoms. The van der Waals surface area contributed by atoms with Crippen molar-refractivity contribution in [1.29, 1.82) is 5.26 Å². The van der Waals surface area contributed by atoms with Crippen LogP contribution in [-0.2, 0) is 4.79 Å². The quantitative estimate of drug-likeness (QED) is 0.871. The van der Waals surface area contributed by atoms with Crippen LogP contribution in [0, 0.1) is 17.2 Å². The van der Waals surface area contributed by atoms with Crippen LogP contribution >= 0.6 is 0 Å². The highest BCUT2D eigenvalue weighted by molar-refractivity contribution is 5.97. The summed E-state index contributed by atoms with van der Waals surface area (Å²) in [5.41, 5.74) is 0.754. The van der Waals surface area contributed by atoms with Gasteiger partial charge in [-0.25, -0.2) is 4.79 Å². The number of benzene rings is 1. The van der Waals surface area contributed by atoms with E-state index in [1.165, 1.54) is 11.0 Å². The molecule has 1 aliphatic rings. The monoisotopic (exact) mass is 258 g/mol. The summed E-state index contributed by atoms with van der Waals surface area (Å²) in [5.74, 6) is -1.36. The number of likely N-dealkylation sites (tertiary alicyclic amines) is 1. The Balaban J connectivity index is 2.29. The minimum absolute atomic E-state index is 0.0550. The van der Waals surface area contributed by atoms with Gasteiger partial charge in [0, 0.05) is 12.1 Å². The maximum Gasteiger partial charge on any atom is 0.326 e. The minimum atomic E-state index is -0.977. The zero-order chi connectivity index (χ0) is 14.0. The Morgan fingerprint density at radius 3 is 2.84 bits per heavy atom. The zero-order valence-electron chi connectivity index (χ0n) is 10.5. The molecule has 1 aromatic rings. The average molecular weight is 258 g/mol. The van der Waals surface area contributed by atoms with Gasteiger partial charge in [-0.2, -0.15) is 5.26 Å². The second-order valence-corrected chi connectivity index (χ2v) is 4.74. The van der Waals surface area contributed by atoms with E-state index in [2.05, 4.69) is 0 Å². The summed E-state index contributed by atoms with van der Waals surface area (Å²) in [6, 6.07) is 7.52. The average Bonchev–Trinajstić information content (AvgIpc) is 2.80. The normalized spacial score (nSPS) is 22.0. The van der Waals surface area contributed by atoms with Crippen molar-refractivity contribution in [1.82, 2.24) is 4.90 Å². The summed E-state index contributed by atoms with van der Waals surface area (Å²) in [5, 5.41) is 18.0. The maximum absolute atomic E-state index is 12.3. The van der Waals surface area contributed by atoms with Crippen molar-refractivity contribution in [3.8, 4) is 6.07 Å². The first-order valence-electron chi connectivity index (χ1n) is 6.08. The highest BCUT2D eigenvalue weighted by atomic mass is 16.4. The lowest BCUT2D eigenvalue weighted by molar-refractivity contribution is -0.142. The molecule has 0 spiro atoms. The fraction of sp³-hybridized carbons (Fsp3) is 0.357. The molecule has 2 atom stereocenters. The van der Waals surface area contributed by atoms with Gasteiger partial charge in [-0.1, -0.05) is 13.0 Å². The number of rotatable bonds is 2. The largest absolute Gasteiger partial charge is 0.480 e. The van der Waals surface area contributed by atoms with Crippen molar-refractivity contribution in [3.63, 3.8) is 0 Å². The summed E-state index contributed by atoms with van der Waals surface area (Å²) in [6.07, 6.45) is 0.681. The lowest BCUT2D eigenvalue weighted by Gasteiger charge is -2.23. The highest BCUT2D eigenvalue weighted by Gasteiger charge is 2.39. The second kappa shape index (κ2) is 5.11. The van der Waals surface area contributed by atoms with Gasteiger partial charge in [-0.05, 0) is 30.5 Å². The van der Waals surface area contributed by atoms with Crippen LogP contribution in [0.1, 0.15) is 29.3 Å². The van der Waals surface area contributed by atoms with Crippen molar-refractivity contribution >= 4 is 11.9 Å². The third-order valence-corrected chi connectivity index (χ3v) is 3.45. The summed E-state index contributed by atoms with van der Waals surface area (Å²) in [7, 11) is 0. The van der Waals surface area contributed by atoms with Gasteiger partial charge >= 0.3 is 5.97 Å². The van der Waals surface area contributed by atoms with Crippen molar-refractivity contribution in [2.75, 3.05) is 6.54 Å². The Labute approximate surface area is 111 Å². The smallest absolute Gasteiger partial charge is 0.326 e. The lowest BCUT2D eigenvalue weighted by Crippen LogP contribution is -2.42. The van der Waals surface area contributed by atoms with E-state index < -0.39 is 12.0 Å². The van der Waals surface area contributed by atoms with Gasteiger partial charge in [-0.15, -0.1) is 0 Å². The topological polar surface area (TPSA) is 81.4 Å². The van der Waals surface area contributed by atoms with Gasteiger partial charge < -0.3 is 10.0 Å². The van der Waals surface area contributed by atoms with Crippen LogP contribution in [0.4, 0.5) is 0 Å².